The van der Waals surface area contributed by atoms with Gasteiger partial charge in [0.2, 0.25) is 15.9 Å². The Kier molecular flexibility index (Phi) is 7.45. The summed E-state index contributed by atoms with van der Waals surface area (Å²) in [5, 5.41) is 2.61. The Morgan fingerprint density at radius 3 is 2.34 bits per heavy atom. The molecule has 1 aromatic heterocycles. The number of sulfonamides is 1. The number of carbonyl (C=O) groups is 2. The number of nitrogens with one attached hydrogen (secondary N) is 1. The predicted octanol–water partition coefficient (Wildman–Crippen LogP) is 3.71. The van der Waals surface area contributed by atoms with Crippen LogP contribution in [0.4, 0.5) is 5.69 Å². The maximum absolute atomic E-state index is 13.3. The molecule has 0 radical (unpaired) electrons. The largest absolute Gasteiger partial charge is 0.491 e. The van der Waals surface area contributed by atoms with Crippen LogP contribution in [-0.2, 0) is 21.4 Å². The van der Waals surface area contributed by atoms with Crippen molar-refractivity contribution in [3.8, 4) is 5.75 Å². The topological polar surface area (TPSA) is 106 Å². The van der Waals surface area contributed by atoms with E-state index in [1.807, 2.05) is 0 Å². The molecule has 168 valence electrons. The summed E-state index contributed by atoms with van der Waals surface area (Å²) in [4.78, 5) is 23.1. The fourth-order valence-corrected chi connectivity index (χ4v) is 4.45. The third kappa shape index (κ3) is 5.83. The predicted molar refractivity (Wildman–Crippen MR) is 119 cm³/mol. The Hall–Kier alpha value is -3.43. The second kappa shape index (κ2) is 10.3. The zero-order valence-electron chi connectivity index (χ0n) is 17.8. The van der Waals surface area contributed by atoms with Crippen molar-refractivity contribution in [2.45, 2.75) is 25.3 Å². The lowest BCUT2D eigenvalue weighted by molar-refractivity contribution is -0.114. The number of hydrogen-bond acceptors (Lipinski definition) is 6. The van der Waals surface area contributed by atoms with E-state index < -0.39 is 10.0 Å². The van der Waals surface area contributed by atoms with Crippen LogP contribution in [0.5, 0.6) is 5.75 Å². The smallest absolute Gasteiger partial charge is 0.243 e. The highest BCUT2D eigenvalue weighted by Crippen LogP contribution is 2.22. The molecule has 0 saturated heterocycles. The Bertz CT molecular complexity index is 1170. The molecule has 2 aromatic carbocycles. The van der Waals surface area contributed by atoms with Gasteiger partial charge in [0, 0.05) is 19.2 Å². The first-order valence-corrected chi connectivity index (χ1v) is 11.3. The van der Waals surface area contributed by atoms with Gasteiger partial charge >= 0.3 is 0 Å². The zero-order chi connectivity index (χ0) is 23.1. The van der Waals surface area contributed by atoms with Gasteiger partial charge in [0.15, 0.2) is 5.78 Å². The molecule has 1 amide bonds. The van der Waals surface area contributed by atoms with Gasteiger partial charge in [0.1, 0.15) is 18.1 Å². The number of ether oxygens (including phenoxy) is 1. The number of benzene rings is 2. The number of Topliss-reactive ketones (excluding diaryl/α,β-unsaturated/α-hetero) is 1. The van der Waals surface area contributed by atoms with E-state index in [1.165, 1.54) is 48.7 Å². The number of hydrogen-bond donors (Lipinski definition) is 1. The fraction of sp³-hybridized carbons (Fsp3) is 0.217. The van der Waals surface area contributed by atoms with Crippen LogP contribution in [0.25, 0.3) is 0 Å². The number of amides is 1. The Morgan fingerprint density at radius 1 is 1.00 bits per heavy atom. The summed E-state index contributed by atoms with van der Waals surface area (Å²) in [6.45, 7) is 2.90. The minimum atomic E-state index is -3.89. The van der Waals surface area contributed by atoms with Gasteiger partial charge in [-0.1, -0.05) is 12.1 Å². The highest BCUT2D eigenvalue weighted by atomic mass is 32.2. The molecule has 8 nitrogen and oxygen atoms in total. The van der Waals surface area contributed by atoms with Crippen molar-refractivity contribution in [1.29, 1.82) is 0 Å². The van der Waals surface area contributed by atoms with Gasteiger partial charge in [0.25, 0.3) is 0 Å². The molecule has 0 bridgehead atoms. The maximum atomic E-state index is 13.3. The van der Waals surface area contributed by atoms with Crippen LogP contribution in [0, 0.1) is 0 Å². The second-order valence-electron chi connectivity index (χ2n) is 7.02. The molecule has 1 N–H and O–H groups in total. The first kappa shape index (κ1) is 23.2. The number of nitrogens with zero attached hydrogens (tertiary/aromatic N) is 1. The Balaban J connectivity index is 1.79. The monoisotopic (exact) mass is 456 g/mol. The third-order valence-corrected chi connectivity index (χ3v) is 6.45. The Labute approximate surface area is 186 Å². The van der Waals surface area contributed by atoms with E-state index in [2.05, 4.69) is 5.32 Å². The van der Waals surface area contributed by atoms with E-state index in [1.54, 1.807) is 36.4 Å². The minimum absolute atomic E-state index is 0.0144. The van der Waals surface area contributed by atoms with Gasteiger partial charge in [-0.15, -0.1) is 0 Å². The molecule has 0 atom stereocenters. The SMILES string of the molecule is CC(=O)Nc1ccc(S(=O)(=O)N(CCOc2ccccc2C(C)=O)Cc2ccco2)cc1. The third-order valence-electron chi connectivity index (χ3n) is 4.59. The summed E-state index contributed by atoms with van der Waals surface area (Å²) < 4.78 is 38.9. The lowest BCUT2D eigenvalue weighted by atomic mass is 10.1. The number of anilines is 1. The summed E-state index contributed by atoms with van der Waals surface area (Å²) >= 11 is 0. The van der Waals surface area contributed by atoms with Crippen molar-refractivity contribution in [2.24, 2.45) is 0 Å². The molecular formula is C23H24N2O6S. The first-order chi connectivity index (χ1) is 15.3. The summed E-state index contributed by atoms with van der Waals surface area (Å²) in [5.41, 5.74) is 0.930. The normalized spacial score (nSPS) is 11.3. The molecule has 0 fully saturated rings. The van der Waals surface area contributed by atoms with E-state index in [-0.39, 0.29) is 36.3 Å². The average molecular weight is 457 g/mol. The van der Waals surface area contributed by atoms with E-state index in [4.69, 9.17) is 9.15 Å². The summed E-state index contributed by atoms with van der Waals surface area (Å²) in [6, 6.07) is 16.1. The maximum Gasteiger partial charge on any atom is 0.243 e. The van der Waals surface area contributed by atoms with Crippen LogP contribution in [0.2, 0.25) is 0 Å². The van der Waals surface area contributed by atoms with Crippen LogP contribution >= 0.6 is 0 Å². The number of furan rings is 1. The minimum Gasteiger partial charge on any atom is -0.491 e. The Morgan fingerprint density at radius 2 is 1.72 bits per heavy atom. The van der Waals surface area contributed by atoms with Gasteiger partial charge in [-0.25, -0.2) is 8.42 Å². The summed E-state index contributed by atoms with van der Waals surface area (Å²) in [5.74, 6) is 0.491. The van der Waals surface area contributed by atoms with Crippen LogP contribution in [0.1, 0.15) is 30.0 Å². The lowest BCUT2D eigenvalue weighted by Gasteiger charge is -2.22. The highest BCUT2D eigenvalue weighted by Gasteiger charge is 2.26. The highest BCUT2D eigenvalue weighted by molar-refractivity contribution is 7.89. The quantitative estimate of drug-likeness (QED) is 0.466. The molecule has 0 spiro atoms. The van der Waals surface area contributed by atoms with Crippen LogP contribution in [0.15, 0.2) is 76.2 Å². The molecule has 0 saturated carbocycles. The molecule has 1 heterocycles. The van der Waals surface area contributed by atoms with Gasteiger partial charge in [-0.2, -0.15) is 4.31 Å². The number of rotatable bonds is 10. The van der Waals surface area contributed by atoms with Crippen molar-refractivity contribution in [1.82, 2.24) is 4.31 Å². The van der Waals surface area contributed by atoms with Gasteiger partial charge < -0.3 is 14.5 Å². The van der Waals surface area contributed by atoms with Crippen molar-refractivity contribution in [3.05, 3.63) is 78.3 Å². The van der Waals surface area contributed by atoms with Crippen molar-refractivity contribution >= 4 is 27.4 Å². The van der Waals surface area contributed by atoms with E-state index in [0.717, 1.165) is 0 Å². The van der Waals surface area contributed by atoms with Crippen molar-refractivity contribution in [3.63, 3.8) is 0 Å². The fourth-order valence-electron chi connectivity index (χ4n) is 3.06. The van der Waals surface area contributed by atoms with Crippen LogP contribution in [0.3, 0.4) is 0 Å². The molecule has 3 aromatic rings. The lowest BCUT2D eigenvalue weighted by Crippen LogP contribution is -2.34. The molecule has 0 aliphatic heterocycles. The molecule has 0 aliphatic carbocycles. The molecule has 0 aliphatic rings. The number of ketones is 1. The molecule has 0 unspecified atom stereocenters. The zero-order valence-corrected chi connectivity index (χ0v) is 18.6. The molecule has 32 heavy (non-hydrogen) atoms. The summed E-state index contributed by atoms with van der Waals surface area (Å²) in [7, 11) is -3.89. The van der Waals surface area contributed by atoms with Gasteiger partial charge in [0.05, 0.1) is 23.3 Å². The molecule has 9 heteroatoms. The van der Waals surface area contributed by atoms with Crippen molar-refractivity contribution in [2.75, 3.05) is 18.5 Å². The van der Waals surface area contributed by atoms with Crippen molar-refractivity contribution < 1.29 is 27.2 Å². The van der Waals surface area contributed by atoms with E-state index in [9.17, 15) is 18.0 Å². The van der Waals surface area contributed by atoms with Gasteiger partial charge in [-0.05, 0) is 55.5 Å². The standard InChI is InChI=1S/C23H24N2O6S/c1-17(26)22-7-3-4-8-23(22)31-15-13-25(16-20-6-5-14-30-20)32(28,29)21-11-9-19(10-12-21)24-18(2)27/h3-12,14H,13,15-16H2,1-2H3,(H,24,27). The number of para-hydroxylation sites is 1. The van der Waals surface area contributed by atoms with Crippen LogP contribution < -0.4 is 10.1 Å². The summed E-state index contributed by atoms with van der Waals surface area (Å²) in [6.07, 6.45) is 1.47. The average Bonchev–Trinajstić information content (AvgIpc) is 3.26. The van der Waals surface area contributed by atoms with E-state index >= 15 is 0 Å². The first-order valence-electron chi connectivity index (χ1n) is 9.90. The second-order valence-corrected chi connectivity index (χ2v) is 8.96. The van der Waals surface area contributed by atoms with E-state index in [0.29, 0.717) is 22.8 Å². The molecular weight excluding hydrogens is 432 g/mol. The van der Waals surface area contributed by atoms with Crippen LogP contribution in [-0.4, -0.2) is 37.6 Å². The molecule has 3 rings (SSSR count). The number of carbonyl (C=O) groups excluding carboxylic acids is 2. The van der Waals surface area contributed by atoms with Gasteiger partial charge in [-0.3, -0.25) is 9.59 Å².